The van der Waals surface area contributed by atoms with E-state index in [1.54, 1.807) is 6.07 Å². The first-order valence-corrected chi connectivity index (χ1v) is 14.2. The summed E-state index contributed by atoms with van der Waals surface area (Å²) in [6.07, 6.45) is 7.89. The van der Waals surface area contributed by atoms with E-state index in [1.165, 1.54) is 31.4 Å². The average Bonchev–Trinajstić information content (AvgIpc) is 2.86. The Morgan fingerprint density at radius 1 is 1.27 bits per heavy atom. The number of nitrogens with one attached hydrogen (secondary N) is 4. The molecule has 0 radical (unpaired) electrons. The lowest BCUT2D eigenvalue weighted by atomic mass is 9.44. The number of carbonyl (C=O) groups is 1. The maximum atomic E-state index is 13.6. The SMILES string of the molecule is CCCCC(C)C1CC(NC23CC(NC(=O)COc4ccc(Cl)c(F)c4)(C2)C3)NC(N2CCOCC2)N1. The van der Waals surface area contributed by atoms with Crippen molar-refractivity contribution in [1.82, 2.24) is 26.2 Å². The summed E-state index contributed by atoms with van der Waals surface area (Å²) in [5, 5.41) is 14.8. The van der Waals surface area contributed by atoms with E-state index < -0.39 is 5.82 Å². The molecule has 2 heterocycles. The highest BCUT2D eigenvalue weighted by molar-refractivity contribution is 6.30. The molecule has 1 aromatic carbocycles. The Labute approximate surface area is 224 Å². The zero-order valence-electron chi connectivity index (χ0n) is 22.0. The number of rotatable bonds is 11. The van der Waals surface area contributed by atoms with Gasteiger partial charge < -0.3 is 14.8 Å². The number of nitrogens with zero attached hydrogens (tertiary/aromatic N) is 1. The molecule has 37 heavy (non-hydrogen) atoms. The van der Waals surface area contributed by atoms with Crippen LogP contribution < -0.4 is 26.0 Å². The first kappa shape index (κ1) is 27.1. The van der Waals surface area contributed by atoms with E-state index in [0.29, 0.717) is 17.7 Å². The van der Waals surface area contributed by atoms with Gasteiger partial charge in [-0.05, 0) is 50.2 Å². The lowest BCUT2D eigenvalue weighted by Gasteiger charge is -2.71. The summed E-state index contributed by atoms with van der Waals surface area (Å²) < 4.78 is 24.6. The number of hydrogen-bond donors (Lipinski definition) is 4. The Hall–Kier alpha value is -1.49. The Morgan fingerprint density at radius 3 is 2.73 bits per heavy atom. The molecule has 206 valence electrons. The second-order valence-corrected chi connectivity index (χ2v) is 12.0. The Kier molecular flexibility index (Phi) is 8.29. The molecule has 0 aromatic heterocycles. The highest BCUT2D eigenvalue weighted by Crippen LogP contribution is 2.60. The smallest absolute Gasteiger partial charge is 0.258 e. The summed E-state index contributed by atoms with van der Waals surface area (Å²) in [6.45, 7) is 7.89. The standard InChI is InChI=1S/C27H41ClFN5O3/c1-3-4-5-18(2)22-13-23(31-25(30-22)34-8-10-36-11-9-34)32-26-15-27(16-26,17-26)33-24(35)14-37-19-6-7-20(28)21(29)12-19/h6-7,12,18,22-23,25,30-32H,3-5,8-11,13-17H2,1-2H3,(H,33,35). The van der Waals surface area contributed by atoms with Crippen molar-refractivity contribution in [2.24, 2.45) is 5.92 Å². The molecule has 4 N–H and O–H groups in total. The fourth-order valence-corrected chi connectivity index (χ4v) is 6.71. The molecule has 1 aromatic rings. The van der Waals surface area contributed by atoms with Crippen molar-refractivity contribution in [2.45, 2.75) is 88.4 Å². The molecule has 10 heteroatoms. The second-order valence-electron chi connectivity index (χ2n) is 11.5. The van der Waals surface area contributed by atoms with Gasteiger partial charge in [-0.2, -0.15) is 0 Å². The summed E-state index contributed by atoms with van der Waals surface area (Å²) >= 11 is 5.70. The Balaban J connectivity index is 1.11. The van der Waals surface area contributed by atoms with Crippen LogP contribution >= 0.6 is 11.6 Å². The molecule has 1 amide bonds. The number of carbonyl (C=O) groups excluding carboxylic acids is 1. The molecule has 3 saturated carbocycles. The number of morpholine rings is 1. The van der Waals surface area contributed by atoms with Crippen LogP contribution in [0.2, 0.25) is 5.02 Å². The van der Waals surface area contributed by atoms with Crippen molar-refractivity contribution in [3.05, 3.63) is 29.0 Å². The van der Waals surface area contributed by atoms with Gasteiger partial charge in [-0.15, -0.1) is 0 Å². The van der Waals surface area contributed by atoms with Crippen molar-refractivity contribution in [2.75, 3.05) is 32.9 Å². The van der Waals surface area contributed by atoms with E-state index in [2.05, 4.69) is 40.0 Å². The molecule has 6 rings (SSSR count). The van der Waals surface area contributed by atoms with E-state index in [4.69, 9.17) is 21.1 Å². The number of amides is 1. The predicted molar refractivity (Wildman–Crippen MR) is 141 cm³/mol. The van der Waals surface area contributed by atoms with E-state index in [0.717, 1.165) is 52.0 Å². The molecule has 0 spiro atoms. The highest BCUT2D eigenvalue weighted by atomic mass is 35.5. The lowest BCUT2D eigenvalue weighted by molar-refractivity contribution is -0.147. The molecule has 4 atom stereocenters. The molecular weight excluding hydrogens is 497 g/mol. The number of hydrogen-bond acceptors (Lipinski definition) is 7. The molecule has 3 aliphatic carbocycles. The van der Waals surface area contributed by atoms with Gasteiger partial charge in [0.05, 0.1) is 24.4 Å². The van der Waals surface area contributed by atoms with Crippen molar-refractivity contribution < 1.29 is 18.7 Å². The minimum atomic E-state index is -0.559. The molecular formula is C27H41ClFN5O3. The van der Waals surface area contributed by atoms with Gasteiger partial charge in [0.15, 0.2) is 6.61 Å². The van der Waals surface area contributed by atoms with Crippen LogP contribution in [-0.2, 0) is 9.53 Å². The van der Waals surface area contributed by atoms with Crippen LogP contribution in [0, 0.1) is 11.7 Å². The maximum absolute atomic E-state index is 13.6. The quantitative estimate of drug-likeness (QED) is 0.345. The molecule has 5 aliphatic rings. The van der Waals surface area contributed by atoms with E-state index in [1.807, 2.05) is 0 Å². The van der Waals surface area contributed by atoms with Crippen LogP contribution in [-0.4, -0.2) is 73.3 Å². The number of benzene rings is 1. The van der Waals surface area contributed by atoms with Crippen LogP contribution in [0.3, 0.4) is 0 Å². The largest absolute Gasteiger partial charge is 0.484 e. The monoisotopic (exact) mass is 537 g/mol. The topological polar surface area (TPSA) is 86.9 Å². The van der Waals surface area contributed by atoms with Gasteiger partial charge in [0.1, 0.15) is 17.9 Å². The molecule has 8 nitrogen and oxygen atoms in total. The molecule has 2 aliphatic heterocycles. The fourth-order valence-electron chi connectivity index (χ4n) is 6.59. The van der Waals surface area contributed by atoms with Crippen LogP contribution in [0.25, 0.3) is 0 Å². The van der Waals surface area contributed by atoms with E-state index in [-0.39, 0.29) is 41.1 Å². The Morgan fingerprint density at radius 2 is 2.03 bits per heavy atom. The predicted octanol–water partition coefficient (Wildman–Crippen LogP) is 2.96. The number of ether oxygens (including phenoxy) is 2. The Bertz CT molecular complexity index is 942. The minimum absolute atomic E-state index is 0.0321. The normalized spacial score (nSPS) is 34.2. The number of unbranched alkanes of at least 4 members (excludes halogenated alkanes) is 1. The average molecular weight is 538 g/mol. The summed E-state index contributed by atoms with van der Waals surface area (Å²) in [4.78, 5) is 15.0. The minimum Gasteiger partial charge on any atom is -0.484 e. The van der Waals surface area contributed by atoms with Gasteiger partial charge in [0.2, 0.25) is 0 Å². The van der Waals surface area contributed by atoms with Crippen LogP contribution in [0.1, 0.15) is 58.8 Å². The second kappa shape index (κ2) is 11.3. The van der Waals surface area contributed by atoms with Gasteiger partial charge in [0.25, 0.3) is 5.91 Å². The first-order chi connectivity index (χ1) is 17.8. The van der Waals surface area contributed by atoms with E-state index in [9.17, 15) is 9.18 Å². The molecule has 2 bridgehead atoms. The number of halogens is 2. The van der Waals surface area contributed by atoms with Crippen LogP contribution in [0.15, 0.2) is 18.2 Å². The molecule has 5 fully saturated rings. The van der Waals surface area contributed by atoms with Crippen molar-refractivity contribution in [3.63, 3.8) is 0 Å². The zero-order valence-corrected chi connectivity index (χ0v) is 22.7. The third-order valence-corrected chi connectivity index (χ3v) is 8.81. The summed E-state index contributed by atoms with van der Waals surface area (Å²) in [6, 6.07) is 4.63. The van der Waals surface area contributed by atoms with Gasteiger partial charge >= 0.3 is 0 Å². The fraction of sp³-hybridized carbons (Fsp3) is 0.741. The van der Waals surface area contributed by atoms with Gasteiger partial charge in [-0.1, -0.05) is 38.3 Å². The van der Waals surface area contributed by atoms with Crippen LogP contribution in [0.5, 0.6) is 5.75 Å². The zero-order chi connectivity index (χ0) is 26.0. The van der Waals surface area contributed by atoms with Crippen molar-refractivity contribution in [1.29, 1.82) is 0 Å². The first-order valence-electron chi connectivity index (χ1n) is 13.8. The van der Waals surface area contributed by atoms with Gasteiger partial charge in [0, 0.05) is 36.3 Å². The third kappa shape index (κ3) is 6.23. The van der Waals surface area contributed by atoms with E-state index >= 15 is 0 Å². The summed E-state index contributed by atoms with van der Waals surface area (Å²) in [7, 11) is 0. The van der Waals surface area contributed by atoms with Gasteiger partial charge in [-0.3, -0.25) is 25.6 Å². The molecule has 2 saturated heterocycles. The van der Waals surface area contributed by atoms with Crippen molar-refractivity contribution in [3.8, 4) is 5.75 Å². The maximum Gasteiger partial charge on any atom is 0.258 e. The van der Waals surface area contributed by atoms with Crippen LogP contribution in [0.4, 0.5) is 4.39 Å². The lowest BCUT2D eigenvalue weighted by Crippen LogP contribution is -2.86. The molecule has 4 unspecified atom stereocenters. The third-order valence-electron chi connectivity index (χ3n) is 8.51. The summed E-state index contributed by atoms with van der Waals surface area (Å²) in [5.41, 5.74) is -0.0712. The highest BCUT2D eigenvalue weighted by Gasteiger charge is 2.69. The van der Waals surface area contributed by atoms with Crippen molar-refractivity contribution >= 4 is 17.5 Å². The summed E-state index contributed by atoms with van der Waals surface area (Å²) in [5.74, 6) is 0.169. The van der Waals surface area contributed by atoms with Gasteiger partial charge in [-0.25, -0.2) is 4.39 Å².